The first kappa shape index (κ1) is 20.1. The predicted molar refractivity (Wildman–Crippen MR) is 118 cm³/mol. The normalized spacial score (nSPS) is 10.5. The molecule has 2 amide bonds. The van der Waals surface area contributed by atoms with Crippen LogP contribution >= 0.6 is 11.3 Å². The molecule has 0 bridgehead atoms. The van der Waals surface area contributed by atoms with Crippen LogP contribution < -0.4 is 15.4 Å². The Kier molecular flexibility index (Phi) is 5.64. The van der Waals surface area contributed by atoms with Gasteiger partial charge in [-0.05, 0) is 36.4 Å². The van der Waals surface area contributed by atoms with Crippen LogP contribution in [0, 0.1) is 11.3 Å². The Morgan fingerprint density at radius 2 is 2.00 bits per heavy atom. The summed E-state index contributed by atoms with van der Waals surface area (Å²) < 4.78 is 5.15. The molecule has 31 heavy (non-hydrogen) atoms. The first-order valence-corrected chi connectivity index (χ1v) is 10.1. The maximum Gasteiger partial charge on any atom is 0.256 e. The van der Waals surface area contributed by atoms with Crippen molar-refractivity contribution in [3.8, 4) is 11.8 Å². The van der Waals surface area contributed by atoms with Crippen LogP contribution in [0.2, 0.25) is 0 Å². The van der Waals surface area contributed by atoms with E-state index in [4.69, 9.17) is 10.00 Å². The van der Waals surface area contributed by atoms with E-state index in [1.165, 1.54) is 18.4 Å². The third-order valence-corrected chi connectivity index (χ3v) is 5.56. The number of ether oxygens (including phenoxy) is 1. The standard InChI is InChI=1S/C22H17N5O3S/c1-30-15-7-4-6-13(9-15)21(29)25-20-17-10-16(31-22(17)27-26-20)11-19(28)24-18-8-3-2-5-14(18)12-23/h2-10H,11H2,1H3,(H,24,28)(H2,25,26,27,29). The molecule has 0 atom stereocenters. The zero-order valence-corrected chi connectivity index (χ0v) is 17.2. The summed E-state index contributed by atoms with van der Waals surface area (Å²) >= 11 is 1.36. The van der Waals surface area contributed by atoms with E-state index in [-0.39, 0.29) is 18.2 Å². The number of amides is 2. The lowest BCUT2D eigenvalue weighted by atomic mass is 10.2. The minimum Gasteiger partial charge on any atom is -0.497 e. The van der Waals surface area contributed by atoms with E-state index in [1.807, 2.05) is 6.07 Å². The number of hydrogen-bond acceptors (Lipinski definition) is 6. The molecule has 2 aromatic heterocycles. The van der Waals surface area contributed by atoms with E-state index in [1.54, 1.807) is 48.5 Å². The first-order chi connectivity index (χ1) is 15.1. The van der Waals surface area contributed by atoms with Gasteiger partial charge in [0.25, 0.3) is 5.91 Å². The average molecular weight is 431 g/mol. The maximum absolute atomic E-state index is 12.6. The molecule has 2 aromatic carbocycles. The largest absolute Gasteiger partial charge is 0.497 e. The highest BCUT2D eigenvalue weighted by molar-refractivity contribution is 7.18. The number of H-pyrrole nitrogens is 1. The highest BCUT2D eigenvalue weighted by atomic mass is 32.1. The van der Waals surface area contributed by atoms with Gasteiger partial charge >= 0.3 is 0 Å². The van der Waals surface area contributed by atoms with Crippen LogP contribution in [0.4, 0.5) is 11.5 Å². The molecule has 0 radical (unpaired) electrons. The van der Waals surface area contributed by atoms with Crippen LogP contribution in [0.1, 0.15) is 20.8 Å². The Hall–Kier alpha value is -4.16. The van der Waals surface area contributed by atoms with Gasteiger partial charge in [-0.1, -0.05) is 18.2 Å². The third kappa shape index (κ3) is 4.39. The number of anilines is 2. The van der Waals surface area contributed by atoms with Gasteiger partial charge in [0.05, 0.1) is 30.2 Å². The number of nitrogens with one attached hydrogen (secondary N) is 3. The summed E-state index contributed by atoms with van der Waals surface area (Å²) in [5.41, 5.74) is 1.33. The fourth-order valence-electron chi connectivity index (χ4n) is 3.04. The number of carbonyl (C=O) groups is 2. The average Bonchev–Trinajstić information content (AvgIpc) is 3.35. The molecule has 2 heterocycles. The number of nitriles is 1. The van der Waals surface area contributed by atoms with Crippen LogP contribution in [-0.4, -0.2) is 29.1 Å². The first-order valence-electron chi connectivity index (χ1n) is 9.28. The van der Waals surface area contributed by atoms with E-state index < -0.39 is 0 Å². The predicted octanol–water partition coefficient (Wildman–Crippen LogP) is 3.94. The number of benzene rings is 2. The van der Waals surface area contributed by atoms with Crippen LogP contribution in [0.5, 0.6) is 5.75 Å². The van der Waals surface area contributed by atoms with Gasteiger partial charge in [-0.2, -0.15) is 10.4 Å². The molecule has 0 saturated carbocycles. The van der Waals surface area contributed by atoms with Gasteiger partial charge in [0.1, 0.15) is 22.5 Å². The number of aromatic nitrogens is 2. The number of fused-ring (bicyclic) bond motifs is 1. The molecule has 0 fully saturated rings. The van der Waals surface area contributed by atoms with Gasteiger partial charge in [0.2, 0.25) is 5.91 Å². The van der Waals surface area contributed by atoms with Gasteiger partial charge < -0.3 is 15.4 Å². The lowest BCUT2D eigenvalue weighted by Crippen LogP contribution is -2.14. The second-order valence-corrected chi connectivity index (χ2v) is 7.71. The molecule has 4 aromatic rings. The Morgan fingerprint density at radius 1 is 1.16 bits per heavy atom. The van der Waals surface area contributed by atoms with Crippen molar-refractivity contribution in [3.05, 3.63) is 70.6 Å². The summed E-state index contributed by atoms with van der Waals surface area (Å²) in [5.74, 6) is 0.505. The zero-order valence-electron chi connectivity index (χ0n) is 16.4. The molecule has 0 aliphatic heterocycles. The van der Waals surface area contributed by atoms with Crippen LogP contribution in [0.25, 0.3) is 10.2 Å². The molecular formula is C22H17N5O3S. The van der Waals surface area contributed by atoms with E-state index in [2.05, 4.69) is 26.9 Å². The number of rotatable bonds is 6. The fraction of sp³-hybridized carbons (Fsp3) is 0.0909. The van der Waals surface area contributed by atoms with Gasteiger partial charge in [0, 0.05) is 10.4 Å². The summed E-state index contributed by atoms with van der Waals surface area (Å²) in [6.07, 6.45) is 0.129. The fourth-order valence-corrected chi connectivity index (χ4v) is 4.03. The van der Waals surface area contributed by atoms with Gasteiger partial charge in [-0.15, -0.1) is 11.3 Å². The van der Waals surface area contributed by atoms with Crippen molar-refractivity contribution < 1.29 is 14.3 Å². The maximum atomic E-state index is 12.6. The Balaban J connectivity index is 1.48. The second-order valence-electron chi connectivity index (χ2n) is 6.60. The van der Waals surface area contributed by atoms with Crippen LogP contribution in [0.3, 0.4) is 0 Å². The van der Waals surface area contributed by atoms with Gasteiger partial charge in [0.15, 0.2) is 0 Å². The molecule has 8 nitrogen and oxygen atoms in total. The molecule has 0 unspecified atom stereocenters. The molecule has 0 spiro atoms. The number of carbonyl (C=O) groups excluding carboxylic acids is 2. The molecule has 0 aliphatic rings. The number of methoxy groups -OCH3 is 1. The van der Waals surface area contributed by atoms with Crippen molar-refractivity contribution in [1.82, 2.24) is 10.2 Å². The SMILES string of the molecule is COc1cccc(C(=O)Nc2[nH]nc3sc(CC(=O)Nc4ccccc4C#N)cc23)c1. The lowest BCUT2D eigenvalue weighted by Gasteiger charge is -2.06. The quantitative estimate of drug-likeness (QED) is 0.427. The van der Waals surface area contributed by atoms with Crippen molar-refractivity contribution in [2.75, 3.05) is 17.7 Å². The molecule has 3 N–H and O–H groups in total. The van der Waals surface area contributed by atoms with E-state index in [0.717, 1.165) is 10.3 Å². The lowest BCUT2D eigenvalue weighted by molar-refractivity contribution is -0.115. The van der Waals surface area contributed by atoms with Crippen LogP contribution in [-0.2, 0) is 11.2 Å². The summed E-state index contributed by atoms with van der Waals surface area (Å²) in [5, 5.41) is 22.5. The minimum absolute atomic E-state index is 0.129. The summed E-state index contributed by atoms with van der Waals surface area (Å²) in [6.45, 7) is 0. The van der Waals surface area contributed by atoms with Gasteiger partial charge in [-0.25, -0.2) is 0 Å². The molecular weight excluding hydrogens is 414 g/mol. The number of para-hydroxylation sites is 1. The van der Waals surface area contributed by atoms with E-state index in [0.29, 0.717) is 33.2 Å². The minimum atomic E-state index is -0.303. The molecule has 0 aliphatic carbocycles. The monoisotopic (exact) mass is 431 g/mol. The zero-order chi connectivity index (χ0) is 21.8. The number of thiophene rings is 1. The highest BCUT2D eigenvalue weighted by Gasteiger charge is 2.16. The van der Waals surface area contributed by atoms with Gasteiger partial charge in [-0.3, -0.25) is 14.7 Å². The van der Waals surface area contributed by atoms with Crippen LogP contribution in [0.15, 0.2) is 54.6 Å². The van der Waals surface area contributed by atoms with E-state index in [9.17, 15) is 9.59 Å². The molecule has 9 heteroatoms. The summed E-state index contributed by atoms with van der Waals surface area (Å²) in [4.78, 5) is 26.5. The topological polar surface area (TPSA) is 120 Å². The summed E-state index contributed by atoms with van der Waals surface area (Å²) in [7, 11) is 1.54. The van der Waals surface area contributed by atoms with Crippen molar-refractivity contribution in [2.24, 2.45) is 0 Å². The molecule has 0 saturated heterocycles. The number of aromatic amines is 1. The van der Waals surface area contributed by atoms with E-state index >= 15 is 0 Å². The van der Waals surface area contributed by atoms with Crippen molar-refractivity contribution in [2.45, 2.75) is 6.42 Å². The van der Waals surface area contributed by atoms with Crippen molar-refractivity contribution in [1.29, 1.82) is 5.26 Å². The van der Waals surface area contributed by atoms with Crippen molar-refractivity contribution >= 4 is 44.9 Å². The Bertz CT molecular complexity index is 1320. The Morgan fingerprint density at radius 3 is 2.81 bits per heavy atom. The van der Waals surface area contributed by atoms with Crippen molar-refractivity contribution in [3.63, 3.8) is 0 Å². The number of nitrogens with zero attached hydrogens (tertiary/aromatic N) is 2. The molecule has 4 rings (SSSR count). The smallest absolute Gasteiger partial charge is 0.256 e. The Labute approximate surface area is 181 Å². The molecule has 154 valence electrons. The second kappa shape index (κ2) is 8.69. The number of hydrogen-bond donors (Lipinski definition) is 3. The third-order valence-electron chi connectivity index (χ3n) is 4.53. The summed E-state index contributed by atoms with van der Waals surface area (Å²) in [6, 6.07) is 17.5. The highest BCUT2D eigenvalue weighted by Crippen LogP contribution is 2.30.